The van der Waals surface area contributed by atoms with Gasteiger partial charge >= 0.3 is 0 Å². The van der Waals surface area contributed by atoms with E-state index in [0.29, 0.717) is 0 Å². The maximum absolute atomic E-state index is 12.1. The van der Waals surface area contributed by atoms with Gasteiger partial charge in [-0.1, -0.05) is 6.42 Å². The summed E-state index contributed by atoms with van der Waals surface area (Å²) in [6.45, 7) is 4.61. The molecule has 0 aromatic rings. The molecule has 2 aliphatic rings. The van der Waals surface area contributed by atoms with Crippen LogP contribution in [0.2, 0.25) is 0 Å². The Labute approximate surface area is 97.1 Å². The number of piperidine rings is 1. The van der Waals surface area contributed by atoms with Crippen LogP contribution in [0.5, 0.6) is 0 Å². The molecule has 16 heavy (non-hydrogen) atoms. The molecule has 1 atom stereocenters. The van der Waals surface area contributed by atoms with Crippen LogP contribution in [0.4, 0.5) is 0 Å². The van der Waals surface area contributed by atoms with E-state index < -0.39 is 0 Å². The van der Waals surface area contributed by atoms with E-state index in [1.807, 2.05) is 0 Å². The third kappa shape index (κ3) is 2.95. The molecule has 4 nitrogen and oxygen atoms in total. The fourth-order valence-electron chi connectivity index (χ4n) is 2.41. The third-order valence-electron chi connectivity index (χ3n) is 3.65. The minimum absolute atomic E-state index is 0.0217. The molecular formula is C12H22N2O2. The van der Waals surface area contributed by atoms with Gasteiger partial charge in [0.1, 0.15) is 0 Å². The van der Waals surface area contributed by atoms with Gasteiger partial charge in [-0.2, -0.15) is 0 Å². The number of hydrogen-bond acceptors (Lipinski definition) is 3. The van der Waals surface area contributed by atoms with Crippen LogP contribution in [0.1, 0.15) is 39.0 Å². The summed E-state index contributed by atoms with van der Waals surface area (Å²) in [5.74, 6) is 0.170. The van der Waals surface area contributed by atoms with Gasteiger partial charge in [0.15, 0.2) is 0 Å². The smallest absolute Gasteiger partial charge is 0.237 e. The Kier molecular flexibility index (Phi) is 3.82. The molecule has 0 saturated carbocycles. The average molecular weight is 226 g/mol. The van der Waals surface area contributed by atoms with Crippen molar-refractivity contribution in [2.75, 3.05) is 19.8 Å². The monoisotopic (exact) mass is 226 g/mol. The number of hydrogen-bond donors (Lipinski definition) is 2. The second-order valence-electron chi connectivity index (χ2n) is 5.16. The Bertz CT molecular complexity index is 243. The highest BCUT2D eigenvalue weighted by atomic mass is 16.5. The SMILES string of the molecule is CC1(NC(=O)[C@H]2CCCCN2)CCOCC1. The molecule has 2 saturated heterocycles. The highest BCUT2D eigenvalue weighted by Crippen LogP contribution is 2.20. The van der Waals surface area contributed by atoms with Gasteiger partial charge in [-0.3, -0.25) is 4.79 Å². The zero-order chi connectivity index (χ0) is 11.4. The first-order chi connectivity index (χ1) is 7.70. The number of amides is 1. The molecule has 0 aromatic heterocycles. The van der Waals surface area contributed by atoms with Gasteiger partial charge in [0.05, 0.1) is 6.04 Å². The van der Waals surface area contributed by atoms with Gasteiger partial charge in [-0.05, 0) is 39.2 Å². The van der Waals surface area contributed by atoms with Gasteiger partial charge in [0, 0.05) is 18.8 Å². The van der Waals surface area contributed by atoms with E-state index in [-0.39, 0.29) is 17.5 Å². The van der Waals surface area contributed by atoms with Gasteiger partial charge in [-0.25, -0.2) is 0 Å². The van der Waals surface area contributed by atoms with Crippen molar-refractivity contribution >= 4 is 5.91 Å². The number of ether oxygens (including phenoxy) is 1. The van der Waals surface area contributed by atoms with Crippen molar-refractivity contribution in [1.29, 1.82) is 0 Å². The molecule has 2 N–H and O–H groups in total. The van der Waals surface area contributed by atoms with Crippen LogP contribution >= 0.6 is 0 Å². The third-order valence-corrected chi connectivity index (χ3v) is 3.65. The largest absolute Gasteiger partial charge is 0.381 e. The molecule has 2 aliphatic heterocycles. The lowest BCUT2D eigenvalue weighted by Crippen LogP contribution is -2.56. The molecule has 0 spiro atoms. The molecule has 0 radical (unpaired) electrons. The lowest BCUT2D eigenvalue weighted by molar-refractivity contribution is -0.126. The van der Waals surface area contributed by atoms with Crippen LogP contribution in [0, 0.1) is 0 Å². The topological polar surface area (TPSA) is 50.4 Å². The Morgan fingerprint density at radius 1 is 1.38 bits per heavy atom. The molecule has 0 aromatic carbocycles. The number of rotatable bonds is 2. The van der Waals surface area contributed by atoms with E-state index in [1.54, 1.807) is 0 Å². The summed E-state index contributed by atoms with van der Waals surface area (Å²) < 4.78 is 5.33. The number of carbonyl (C=O) groups is 1. The quantitative estimate of drug-likeness (QED) is 0.732. The molecule has 2 heterocycles. The summed E-state index contributed by atoms with van der Waals surface area (Å²) in [6.07, 6.45) is 5.16. The van der Waals surface area contributed by atoms with E-state index in [9.17, 15) is 4.79 Å². The van der Waals surface area contributed by atoms with Gasteiger partial charge in [0.25, 0.3) is 0 Å². The molecule has 0 aliphatic carbocycles. The summed E-state index contributed by atoms with van der Waals surface area (Å²) in [5.41, 5.74) is -0.0611. The van der Waals surface area contributed by atoms with Crippen LogP contribution in [0.3, 0.4) is 0 Å². The average Bonchev–Trinajstić information content (AvgIpc) is 2.30. The lowest BCUT2D eigenvalue weighted by Gasteiger charge is -2.36. The predicted molar refractivity (Wildman–Crippen MR) is 62.2 cm³/mol. The second kappa shape index (κ2) is 5.15. The fourth-order valence-corrected chi connectivity index (χ4v) is 2.41. The summed E-state index contributed by atoms with van der Waals surface area (Å²) in [5, 5.41) is 6.47. The van der Waals surface area contributed by atoms with E-state index in [1.165, 1.54) is 6.42 Å². The van der Waals surface area contributed by atoms with E-state index >= 15 is 0 Å². The normalized spacial score (nSPS) is 29.7. The lowest BCUT2D eigenvalue weighted by atomic mass is 9.91. The van der Waals surface area contributed by atoms with Gasteiger partial charge < -0.3 is 15.4 Å². The van der Waals surface area contributed by atoms with Crippen LogP contribution in [-0.2, 0) is 9.53 Å². The first kappa shape index (κ1) is 11.9. The zero-order valence-corrected chi connectivity index (χ0v) is 10.1. The standard InChI is InChI=1S/C12H22N2O2/c1-12(5-8-16-9-6-12)14-11(15)10-4-2-3-7-13-10/h10,13H,2-9H2,1H3,(H,14,15)/t10-/m1/s1. The molecular weight excluding hydrogens is 204 g/mol. The number of nitrogens with one attached hydrogen (secondary N) is 2. The minimum Gasteiger partial charge on any atom is -0.381 e. The Hall–Kier alpha value is -0.610. The second-order valence-corrected chi connectivity index (χ2v) is 5.16. The molecule has 2 rings (SSSR count). The van der Waals surface area contributed by atoms with Crippen molar-refractivity contribution < 1.29 is 9.53 Å². The maximum Gasteiger partial charge on any atom is 0.237 e. The Balaban J connectivity index is 1.85. The summed E-state index contributed by atoms with van der Waals surface area (Å²) >= 11 is 0. The van der Waals surface area contributed by atoms with Crippen LogP contribution in [0.15, 0.2) is 0 Å². The van der Waals surface area contributed by atoms with E-state index in [4.69, 9.17) is 4.74 Å². The van der Waals surface area contributed by atoms with Crippen molar-refractivity contribution in [2.24, 2.45) is 0 Å². The highest BCUT2D eigenvalue weighted by Gasteiger charge is 2.31. The fraction of sp³-hybridized carbons (Fsp3) is 0.917. The van der Waals surface area contributed by atoms with Crippen molar-refractivity contribution in [3.05, 3.63) is 0 Å². The summed E-state index contributed by atoms with van der Waals surface area (Å²) in [4.78, 5) is 12.1. The van der Waals surface area contributed by atoms with Crippen molar-refractivity contribution in [1.82, 2.24) is 10.6 Å². The highest BCUT2D eigenvalue weighted by molar-refractivity contribution is 5.82. The van der Waals surface area contributed by atoms with Crippen molar-refractivity contribution in [3.8, 4) is 0 Å². The summed E-state index contributed by atoms with van der Waals surface area (Å²) in [6, 6.07) is 0.0217. The van der Waals surface area contributed by atoms with Gasteiger partial charge in [-0.15, -0.1) is 0 Å². The zero-order valence-electron chi connectivity index (χ0n) is 10.1. The molecule has 4 heteroatoms. The molecule has 1 amide bonds. The Morgan fingerprint density at radius 3 is 2.75 bits per heavy atom. The molecule has 2 fully saturated rings. The van der Waals surface area contributed by atoms with Gasteiger partial charge in [0.2, 0.25) is 5.91 Å². The first-order valence-electron chi connectivity index (χ1n) is 6.33. The van der Waals surface area contributed by atoms with Crippen molar-refractivity contribution in [3.63, 3.8) is 0 Å². The Morgan fingerprint density at radius 2 is 2.12 bits per heavy atom. The predicted octanol–water partition coefficient (Wildman–Crippen LogP) is 0.814. The molecule has 0 unspecified atom stereocenters. The number of carbonyl (C=O) groups excluding carboxylic acids is 1. The first-order valence-corrected chi connectivity index (χ1v) is 6.33. The minimum atomic E-state index is -0.0611. The molecule has 0 bridgehead atoms. The van der Waals surface area contributed by atoms with E-state index in [0.717, 1.165) is 45.4 Å². The van der Waals surface area contributed by atoms with Crippen LogP contribution < -0.4 is 10.6 Å². The molecule has 92 valence electrons. The van der Waals surface area contributed by atoms with Crippen molar-refractivity contribution in [2.45, 2.75) is 50.6 Å². The van der Waals surface area contributed by atoms with Crippen LogP contribution in [-0.4, -0.2) is 37.2 Å². The van der Waals surface area contributed by atoms with E-state index in [2.05, 4.69) is 17.6 Å². The summed E-state index contributed by atoms with van der Waals surface area (Å²) in [7, 11) is 0. The maximum atomic E-state index is 12.1. The van der Waals surface area contributed by atoms with Crippen LogP contribution in [0.25, 0.3) is 0 Å².